The van der Waals surface area contributed by atoms with Gasteiger partial charge in [-0.05, 0) is 38.8 Å². The summed E-state index contributed by atoms with van der Waals surface area (Å²) in [5.41, 5.74) is 1.42. The van der Waals surface area contributed by atoms with E-state index in [1.54, 1.807) is 0 Å². The number of likely N-dealkylation sites (tertiary alicyclic amines) is 1. The van der Waals surface area contributed by atoms with Gasteiger partial charge in [-0.25, -0.2) is 0 Å². The molecule has 2 fully saturated rings. The van der Waals surface area contributed by atoms with Crippen molar-refractivity contribution < 1.29 is 9.84 Å². The van der Waals surface area contributed by atoms with Crippen LogP contribution in [0, 0.1) is 5.41 Å². The smallest absolute Gasteiger partial charge is 0.0579 e. The van der Waals surface area contributed by atoms with Gasteiger partial charge >= 0.3 is 0 Å². The van der Waals surface area contributed by atoms with Crippen LogP contribution in [0.15, 0.2) is 30.3 Å². The van der Waals surface area contributed by atoms with Crippen molar-refractivity contribution in [2.45, 2.75) is 44.8 Å². The Morgan fingerprint density at radius 2 is 2.00 bits per heavy atom. The number of benzene rings is 1. The minimum atomic E-state index is -0.0578. The van der Waals surface area contributed by atoms with Gasteiger partial charge in [-0.3, -0.25) is 4.90 Å². The zero-order valence-corrected chi connectivity index (χ0v) is 14.4. The van der Waals surface area contributed by atoms with E-state index in [1.165, 1.54) is 18.4 Å². The molecule has 2 aliphatic rings. The number of hydrogen-bond donors (Lipinski definition) is 2. The molecule has 0 radical (unpaired) electrons. The Hall–Kier alpha value is -0.940. The Morgan fingerprint density at radius 3 is 2.61 bits per heavy atom. The number of aliphatic hydroxyl groups excluding tert-OH is 1. The first-order valence-electron chi connectivity index (χ1n) is 8.77. The monoisotopic (exact) mass is 318 g/mol. The lowest BCUT2D eigenvalue weighted by Gasteiger charge is -2.50. The maximum Gasteiger partial charge on any atom is 0.0579 e. The molecule has 4 nitrogen and oxygen atoms in total. The second-order valence-electron chi connectivity index (χ2n) is 7.79. The number of ether oxygens (including phenoxy) is 1. The summed E-state index contributed by atoms with van der Waals surface area (Å²) < 4.78 is 5.31. The molecule has 4 heteroatoms. The summed E-state index contributed by atoms with van der Waals surface area (Å²) in [4.78, 5) is 2.59. The Balaban J connectivity index is 1.62. The molecule has 2 aliphatic heterocycles. The molecule has 2 heterocycles. The van der Waals surface area contributed by atoms with Crippen molar-refractivity contribution in [2.75, 3.05) is 32.9 Å². The number of nitrogens with one attached hydrogen (secondary N) is 1. The molecule has 128 valence electrons. The minimum absolute atomic E-state index is 0.0578. The normalized spacial score (nSPS) is 26.7. The number of rotatable bonds is 6. The lowest BCUT2D eigenvalue weighted by Crippen LogP contribution is -2.63. The molecule has 0 spiro atoms. The highest BCUT2D eigenvalue weighted by molar-refractivity contribution is 5.15. The molecule has 0 bridgehead atoms. The van der Waals surface area contributed by atoms with E-state index in [0.29, 0.717) is 19.3 Å². The summed E-state index contributed by atoms with van der Waals surface area (Å²) in [5, 5.41) is 13.4. The third kappa shape index (κ3) is 3.61. The number of piperidine rings is 1. The van der Waals surface area contributed by atoms with Gasteiger partial charge in [0.2, 0.25) is 0 Å². The topological polar surface area (TPSA) is 44.7 Å². The Labute approximate surface area is 139 Å². The van der Waals surface area contributed by atoms with Crippen molar-refractivity contribution in [3.05, 3.63) is 35.9 Å². The zero-order valence-electron chi connectivity index (χ0n) is 14.4. The van der Waals surface area contributed by atoms with Crippen molar-refractivity contribution in [3.63, 3.8) is 0 Å². The van der Waals surface area contributed by atoms with Crippen molar-refractivity contribution in [1.82, 2.24) is 10.2 Å². The number of nitrogens with zero attached hydrogens (tertiary/aromatic N) is 1. The molecular weight excluding hydrogens is 288 g/mol. The van der Waals surface area contributed by atoms with E-state index in [4.69, 9.17) is 4.74 Å². The molecule has 1 unspecified atom stereocenters. The van der Waals surface area contributed by atoms with Gasteiger partial charge in [-0.15, -0.1) is 0 Å². The first-order valence-corrected chi connectivity index (χ1v) is 8.77. The van der Waals surface area contributed by atoms with Gasteiger partial charge in [0.25, 0.3) is 0 Å². The molecular formula is C19H30N2O2. The molecule has 1 aromatic rings. The average molecular weight is 318 g/mol. The standard InChI is InChI=1S/C19H30N2O2/c1-18(2)17(20-12-19(13-22)14-23-15-19)9-6-10-21(18)11-16-7-4-3-5-8-16/h3-5,7-8,17,20,22H,6,9-15H2,1-2H3. The number of aliphatic hydroxyl groups is 1. The van der Waals surface area contributed by atoms with E-state index in [0.717, 1.165) is 19.6 Å². The van der Waals surface area contributed by atoms with Crippen molar-refractivity contribution in [2.24, 2.45) is 5.41 Å². The van der Waals surface area contributed by atoms with Crippen LogP contribution in [0.5, 0.6) is 0 Å². The summed E-state index contributed by atoms with van der Waals surface area (Å²) in [6.45, 7) is 9.24. The largest absolute Gasteiger partial charge is 0.396 e. The summed E-state index contributed by atoms with van der Waals surface area (Å²) in [6, 6.07) is 11.2. The molecule has 2 saturated heterocycles. The van der Waals surface area contributed by atoms with Crippen molar-refractivity contribution in [1.29, 1.82) is 0 Å². The number of hydrogen-bond acceptors (Lipinski definition) is 4. The van der Waals surface area contributed by atoms with Crippen LogP contribution in [-0.4, -0.2) is 54.5 Å². The maximum absolute atomic E-state index is 9.61. The maximum atomic E-state index is 9.61. The van der Waals surface area contributed by atoms with Crippen LogP contribution in [0.25, 0.3) is 0 Å². The zero-order chi connectivity index (χ0) is 16.3. The second-order valence-corrected chi connectivity index (χ2v) is 7.79. The van der Waals surface area contributed by atoms with E-state index >= 15 is 0 Å². The third-order valence-electron chi connectivity index (χ3n) is 5.68. The molecule has 0 aromatic heterocycles. The van der Waals surface area contributed by atoms with Gasteiger partial charge < -0.3 is 15.2 Å². The first-order chi connectivity index (χ1) is 11.1. The highest BCUT2D eigenvalue weighted by Gasteiger charge is 2.42. The summed E-state index contributed by atoms with van der Waals surface area (Å²) in [6.07, 6.45) is 2.41. The fraction of sp³-hybridized carbons (Fsp3) is 0.684. The van der Waals surface area contributed by atoms with Gasteiger partial charge in [0.05, 0.1) is 25.2 Å². The van der Waals surface area contributed by atoms with E-state index in [2.05, 4.69) is 54.4 Å². The molecule has 2 N–H and O–H groups in total. The van der Waals surface area contributed by atoms with Crippen molar-refractivity contribution >= 4 is 0 Å². The van der Waals surface area contributed by atoms with Gasteiger partial charge in [0, 0.05) is 24.7 Å². The van der Waals surface area contributed by atoms with Crippen LogP contribution in [-0.2, 0) is 11.3 Å². The van der Waals surface area contributed by atoms with E-state index in [1.807, 2.05) is 0 Å². The van der Waals surface area contributed by atoms with Crippen molar-refractivity contribution in [3.8, 4) is 0 Å². The second kappa shape index (κ2) is 6.89. The molecule has 0 saturated carbocycles. The van der Waals surface area contributed by atoms with Gasteiger partial charge in [-0.2, -0.15) is 0 Å². The van der Waals surface area contributed by atoms with Crippen LogP contribution < -0.4 is 5.32 Å². The lowest BCUT2D eigenvalue weighted by molar-refractivity contribution is -0.137. The average Bonchev–Trinajstić information content (AvgIpc) is 2.51. The summed E-state index contributed by atoms with van der Waals surface area (Å²) in [5.74, 6) is 0. The van der Waals surface area contributed by atoms with Crippen LogP contribution in [0.1, 0.15) is 32.3 Å². The predicted molar refractivity (Wildman–Crippen MR) is 92.3 cm³/mol. The highest BCUT2D eigenvalue weighted by Crippen LogP contribution is 2.31. The molecule has 3 rings (SSSR count). The lowest BCUT2D eigenvalue weighted by atomic mass is 9.82. The third-order valence-corrected chi connectivity index (χ3v) is 5.68. The van der Waals surface area contributed by atoms with Gasteiger partial charge in [0.15, 0.2) is 0 Å². The van der Waals surface area contributed by atoms with Gasteiger partial charge in [-0.1, -0.05) is 30.3 Å². The summed E-state index contributed by atoms with van der Waals surface area (Å²) >= 11 is 0. The van der Waals surface area contributed by atoms with Crippen LogP contribution >= 0.6 is 0 Å². The van der Waals surface area contributed by atoms with E-state index < -0.39 is 0 Å². The molecule has 0 aliphatic carbocycles. The minimum Gasteiger partial charge on any atom is -0.396 e. The Kier molecular flexibility index (Phi) is 5.07. The fourth-order valence-electron chi connectivity index (χ4n) is 3.77. The first kappa shape index (κ1) is 16.9. The quantitative estimate of drug-likeness (QED) is 0.842. The molecule has 0 amide bonds. The molecule has 23 heavy (non-hydrogen) atoms. The van der Waals surface area contributed by atoms with E-state index in [-0.39, 0.29) is 17.6 Å². The predicted octanol–water partition coefficient (Wildman–Crippen LogP) is 2.03. The van der Waals surface area contributed by atoms with Crippen LogP contribution in [0.3, 0.4) is 0 Å². The fourth-order valence-corrected chi connectivity index (χ4v) is 3.77. The highest BCUT2D eigenvalue weighted by atomic mass is 16.5. The van der Waals surface area contributed by atoms with Crippen LogP contribution in [0.4, 0.5) is 0 Å². The SMILES string of the molecule is CC1(C)C(NCC2(CO)COC2)CCCN1Cc1ccccc1. The van der Waals surface area contributed by atoms with E-state index in [9.17, 15) is 5.11 Å². The molecule has 1 aromatic carbocycles. The van der Waals surface area contributed by atoms with Gasteiger partial charge in [0.1, 0.15) is 0 Å². The Bertz CT molecular complexity index is 494. The summed E-state index contributed by atoms with van der Waals surface area (Å²) in [7, 11) is 0. The Morgan fingerprint density at radius 1 is 1.26 bits per heavy atom. The molecule has 1 atom stereocenters. The van der Waals surface area contributed by atoms with Crippen LogP contribution in [0.2, 0.25) is 0 Å².